The molecular weight excluding hydrogens is 506 g/mol. The maximum atomic E-state index is 13.8. The molecular formula is C29H37NO9. The molecule has 0 amide bonds. The number of carbonyl (C=O) groups is 2. The Labute approximate surface area is 227 Å². The molecule has 10 nitrogen and oxygen atoms in total. The van der Waals surface area contributed by atoms with E-state index in [-0.39, 0.29) is 24.7 Å². The van der Waals surface area contributed by atoms with E-state index in [2.05, 4.69) is 4.90 Å². The first kappa shape index (κ1) is 26.4. The zero-order valence-electron chi connectivity index (χ0n) is 23.0. The molecule has 1 saturated heterocycles. The van der Waals surface area contributed by atoms with Crippen molar-refractivity contribution in [1.29, 1.82) is 0 Å². The monoisotopic (exact) mass is 543 g/mol. The average molecular weight is 544 g/mol. The van der Waals surface area contributed by atoms with Gasteiger partial charge in [-0.25, -0.2) is 4.79 Å². The Hall–Kier alpha value is -2.82. The standard InChI is InChI=1S/C29H37NO9/c1-27(2,33)8-5-9-28(34,14-21(31)35-3)26(32)39-25-22-17-13-20-19(37-15-38-20)12-16(17)6-10-30-11-7-18-23(24(25)36-4)29(18,22)30/h12-13,18,22,25,33-34H,5-11,14-15H2,1-4H3/t18?,22-,25+,28-,29-/m1/s1. The third kappa shape index (κ3) is 4.02. The van der Waals surface area contributed by atoms with Crippen molar-refractivity contribution in [1.82, 2.24) is 4.90 Å². The predicted octanol–water partition coefficient (Wildman–Crippen LogP) is 2.19. The van der Waals surface area contributed by atoms with E-state index < -0.39 is 35.7 Å². The average Bonchev–Trinajstić information content (AvgIpc) is 3.16. The summed E-state index contributed by atoms with van der Waals surface area (Å²) in [5.74, 6) is 0.478. The highest BCUT2D eigenvalue weighted by molar-refractivity contribution is 5.86. The molecule has 0 aromatic heterocycles. The molecule has 1 aromatic rings. The first-order valence-corrected chi connectivity index (χ1v) is 13.7. The van der Waals surface area contributed by atoms with Gasteiger partial charge >= 0.3 is 11.9 Å². The van der Waals surface area contributed by atoms with Gasteiger partial charge in [-0.1, -0.05) is 0 Å². The largest absolute Gasteiger partial charge is 0.497 e. The number of hydrogen-bond donors (Lipinski definition) is 2. The molecule has 2 aliphatic carbocycles. The number of rotatable bonds is 9. The van der Waals surface area contributed by atoms with E-state index in [1.54, 1.807) is 21.0 Å². The summed E-state index contributed by atoms with van der Waals surface area (Å²) in [6, 6.07) is 4.04. The second-order valence-corrected chi connectivity index (χ2v) is 12.0. The highest BCUT2D eigenvalue weighted by Crippen LogP contribution is 2.74. The SMILES string of the molecule is COC(=O)C[C@](O)(CCCC(C)(C)O)C(=O)O[C@@H]1C(OC)=C2C3CCN4CCc5cc6c(cc5[C@H]1[C@@]234)OCO6. The molecule has 212 valence electrons. The van der Waals surface area contributed by atoms with E-state index >= 15 is 0 Å². The molecule has 5 atom stereocenters. The summed E-state index contributed by atoms with van der Waals surface area (Å²) in [7, 11) is 2.80. The maximum Gasteiger partial charge on any atom is 0.339 e. The number of benzene rings is 1. The molecule has 39 heavy (non-hydrogen) atoms. The van der Waals surface area contributed by atoms with Gasteiger partial charge in [-0.2, -0.15) is 0 Å². The highest BCUT2D eigenvalue weighted by atomic mass is 16.7. The molecule has 6 rings (SSSR count). The van der Waals surface area contributed by atoms with Crippen molar-refractivity contribution in [3.05, 3.63) is 34.6 Å². The Bertz CT molecular complexity index is 1240. The number of esters is 2. The van der Waals surface area contributed by atoms with Crippen molar-refractivity contribution < 1.29 is 43.5 Å². The fraction of sp³-hybridized carbons (Fsp3) is 0.655. The minimum Gasteiger partial charge on any atom is -0.497 e. The molecule has 1 unspecified atom stereocenters. The summed E-state index contributed by atoms with van der Waals surface area (Å²) in [6.45, 7) is 5.30. The quantitative estimate of drug-likeness (QED) is 0.448. The smallest absolute Gasteiger partial charge is 0.339 e. The van der Waals surface area contributed by atoms with E-state index in [0.717, 1.165) is 37.1 Å². The van der Waals surface area contributed by atoms with Crippen LogP contribution in [-0.2, 0) is 30.2 Å². The van der Waals surface area contributed by atoms with E-state index in [4.69, 9.17) is 23.7 Å². The van der Waals surface area contributed by atoms with Crippen molar-refractivity contribution in [3.8, 4) is 11.5 Å². The van der Waals surface area contributed by atoms with Crippen molar-refractivity contribution in [2.75, 3.05) is 34.1 Å². The summed E-state index contributed by atoms with van der Waals surface area (Å²) >= 11 is 0. The third-order valence-corrected chi connectivity index (χ3v) is 9.24. The summed E-state index contributed by atoms with van der Waals surface area (Å²) in [5, 5.41) is 21.6. The van der Waals surface area contributed by atoms with Crippen LogP contribution in [0.3, 0.4) is 0 Å². The van der Waals surface area contributed by atoms with Crippen molar-refractivity contribution in [2.24, 2.45) is 5.92 Å². The van der Waals surface area contributed by atoms with E-state index in [1.165, 1.54) is 12.7 Å². The van der Waals surface area contributed by atoms with Crippen LogP contribution in [0.2, 0.25) is 0 Å². The maximum absolute atomic E-state index is 13.8. The predicted molar refractivity (Wildman–Crippen MR) is 137 cm³/mol. The van der Waals surface area contributed by atoms with E-state index in [9.17, 15) is 19.8 Å². The number of carbonyl (C=O) groups excluding carboxylic acids is 2. The lowest BCUT2D eigenvalue weighted by atomic mass is 9.82. The lowest BCUT2D eigenvalue weighted by Gasteiger charge is -2.35. The molecule has 2 fully saturated rings. The van der Waals surface area contributed by atoms with Crippen LogP contribution in [0.4, 0.5) is 0 Å². The molecule has 1 aromatic carbocycles. The van der Waals surface area contributed by atoms with Gasteiger partial charge in [0, 0.05) is 12.5 Å². The number of methoxy groups -OCH3 is 2. The van der Waals surface area contributed by atoms with Crippen LogP contribution < -0.4 is 9.47 Å². The molecule has 3 aliphatic heterocycles. The number of fused-ring (bicyclic) bond motifs is 4. The number of hydrogen-bond acceptors (Lipinski definition) is 10. The minimum absolute atomic E-state index is 0.0592. The fourth-order valence-electron chi connectivity index (χ4n) is 7.53. The van der Waals surface area contributed by atoms with Gasteiger partial charge in [-0.3, -0.25) is 9.69 Å². The van der Waals surface area contributed by atoms with Gasteiger partial charge in [-0.15, -0.1) is 0 Å². The van der Waals surface area contributed by atoms with Gasteiger partial charge in [0.2, 0.25) is 6.79 Å². The zero-order chi connectivity index (χ0) is 27.7. The Morgan fingerprint density at radius 2 is 1.87 bits per heavy atom. The van der Waals surface area contributed by atoms with Gasteiger partial charge in [0.15, 0.2) is 23.2 Å². The number of ether oxygens (including phenoxy) is 5. The van der Waals surface area contributed by atoms with E-state index in [1.807, 2.05) is 12.1 Å². The Morgan fingerprint density at radius 1 is 1.13 bits per heavy atom. The molecule has 0 bridgehead atoms. The fourth-order valence-corrected chi connectivity index (χ4v) is 7.53. The van der Waals surface area contributed by atoms with Gasteiger partial charge in [0.25, 0.3) is 0 Å². The second-order valence-electron chi connectivity index (χ2n) is 12.0. The number of nitrogens with zero attached hydrogens (tertiary/aromatic N) is 1. The van der Waals surface area contributed by atoms with Crippen LogP contribution in [0.25, 0.3) is 0 Å². The molecule has 2 N–H and O–H groups in total. The van der Waals surface area contributed by atoms with E-state index in [0.29, 0.717) is 36.0 Å². The van der Waals surface area contributed by atoms with Crippen LogP contribution >= 0.6 is 0 Å². The van der Waals surface area contributed by atoms with Crippen molar-refractivity contribution >= 4 is 11.9 Å². The van der Waals surface area contributed by atoms with Gasteiger partial charge in [0.05, 0.1) is 37.7 Å². The lowest BCUT2D eigenvalue weighted by Crippen LogP contribution is -2.47. The Balaban J connectivity index is 1.36. The molecule has 5 aliphatic rings. The normalized spacial score (nSPS) is 29.6. The third-order valence-electron chi connectivity index (χ3n) is 9.24. The Kier molecular flexibility index (Phi) is 6.17. The van der Waals surface area contributed by atoms with Crippen molar-refractivity contribution in [2.45, 2.75) is 81.1 Å². The van der Waals surface area contributed by atoms with Gasteiger partial charge < -0.3 is 33.9 Å². The summed E-state index contributed by atoms with van der Waals surface area (Å²) in [5.41, 5.74) is -0.0613. The first-order valence-electron chi connectivity index (χ1n) is 13.7. The second kappa shape index (κ2) is 9.11. The van der Waals surface area contributed by atoms with Crippen LogP contribution in [0.15, 0.2) is 23.5 Å². The molecule has 0 radical (unpaired) electrons. The molecule has 1 spiro atoms. The topological polar surface area (TPSA) is 124 Å². The summed E-state index contributed by atoms with van der Waals surface area (Å²) < 4.78 is 28.3. The van der Waals surface area contributed by atoms with Crippen LogP contribution in [0.1, 0.15) is 63.0 Å². The van der Waals surface area contributed by atoms with Crippen LogP contribution in [0, 0.1) is 5.92 Å². The number of piperidine rings is 1. The molecule has 3 heterocycles. The molecule has 1 saturated carbocycles. The first-order chi connectivity index (χ1) is 18.5. The van der Waals surface area contributed by atoms with Gasteiger partial charge in [-0.05, 0) is 81.3 Å². The van der Waals surface area contributed by atoms with Crippen molar-refractivity contribution in [3.63, 3.8) is 0 Å². The summed E-state index contributed by atoms with van der Waals surface area (Å²) in [4.78, 5) is 28.5. The van der Waals surface area contributed by atoms with Crippen LogP contribution in [-0.4, -0.2) is 84.0 Å². The summed E-state index contributed by atoms with van der Waals surface area (Å²) in [6.07, 6.45) is 1.12. The zero-order valence-corrected chi connectivity index (χ0v) is 23.0. The van der Waals surface area contributed by atoms with Crippen LogP contribution in [0.5, 0.6) is 11.5 Å². The lowest BCUT2D eigenvalue weighted by molar-refractivity contribution is -0.178. The highest BCUT2D eigenvalue weighted by Gasteiger charge is 2.79. The number of aliphatic hydroxyl groups is 2. The Morgan fingerprint density at radius 3 is 2.56 bits per heavy atom. The molecule has 10 heteroatoms. The minimum atomic E-state index is -2.11. The van der Waals surface area contributed by atoms with Gasteiger partial charge in [0.1, 0.15) is 5.76 Å².